The first-order valence-electron chi connectivity index (χ1n) is 7.02. The van der Waals surface area contributed by atoms with E-state index in [1.54, 1.807) is 7.11 Å². The summed E-state index contributed by atoms with van der Waals surface area (Å²) in [4.78, 5) is 0. The third-order valence-corrected chi connectivity index (χ3v) is 3.36. The number of methoxy groups -OCH3 is 1. The lowest BCUT2D eigenvalue weighted by Crippen LogP contribution is -2.26. The van der Waals surface area contributed by atoms with Crippen LogP contribution in [0.25, 0.3) is 0 Å². The van der Waals surface area contributed by atoms with Gasteiger partial charge < -0.3 is 10.1 Å². The molecular formula is C16H27NO. The molecule has 0 aliphatic carbocycles. The number of hydrogen-bond donors (Lipinski definition) is 1. The largest absolute Gasteiger partial charge is 0.385 e. The molecule has 1 aromatic carbocycles. The summed E-state index contributed by atoms with van der Waals surface area (Å²) >= 11 is 0. The van der Waals surface area contributed by atoms with Crippen LogP contribution in [0.2, 0.25) is 0 Å². The van der Waals surface area contributed by atoms with E-state index in [1.165, 1.54) is 17.5 Å². The molecule has 0 amide bonds. The van der Waals surface area contributed by atoms with Gasteiger partial charge in [-0.2, -0.15) is 0 Å². The van der Waals surface area contributed by atoms with Crippen LogP contribution in [0.15, 0.2) is 24.3 Å². The second kappa shape index (κ2) is 9.12. The fourth-order valence-electron chi connectivity index (χ4n) is 2.19. The van der Waals surface area contributed by atoms with Crippen molar-refractivity contribution in [2.45, 2.75) is 33.1 Å². The third-order valence-electron chi connectivity index (χ3n) is 3.36. The van der Waals surface area contributed by atoms with Crippen LogP contribution in [0.4, 0.5) is 0 Å². The third kappa shape index (κ3) is 5.65. The smallest absolute Gasteiger partial charge is 0.0465 e. The SMILES string of the molecule is CCCNCC(CCOC)Cc1ccccc1C. The maximum atomic E-state index is 5.22. The minimum absolute atomic E-state index is 0.664. The Morgan fingerprint density at radius 3 is 2.72 bits per heavy atom. The Kier molecular flexibility index (Phi) is 7.70. The van der Waals surface area contributed by atoms with Gasteiger partial charge in [0.05, 0.1) is 0 Å². The normalized spacial score (nSPS) is 12.6. The van der Waals surface area contributed by atoms with Crippen LogP contribution in [0, 0.1) is 12.8 Å². The molecule has 1 N–H and O–H groups in total. The summed E-state index contributed by atoms with van der Waals surface area (Å²) in [5, 5.41) is 3.53. The van der Waals surface area contributed by atoms with Crippen LogP contribution in [-0.2, 0) is 11.2 Å². The number of aryl methyl sites for hydroxylation is 1. The lowest BCUT2D eigenvalue weighted by molar-refractivity contribution is 0.176. The summed E-state index contributed by atoms with van der Waals surface area (Å²) in [6, 6.07) is 8.69. The predicted molar refractivity (Wildman–Crippen MR) is 78.0 cm³/mol. The molecule has 0 aliphatic heterocycles. The summed E-state index contributed by atoms with van der Waals surface area (Å²) in [6.07, 6.45) is 3.47. The Hall–Kier alpha value is -0.860. The van der Waals surface area contributed by atoms with E-state index in [4.69, 9.17) is 4.74 Å². The maximum Gasteiger partial charge on any atom is 0.0465 e. The molecule has 0 spiro atoms. The summed E-state index contributed by atoms with van der Waals surface area (Å²) in [7, 11) is 1.78. The molecule has 0 heterocycles. The number of rotatable bonds is 9. The van der Waals surface area contributed by atoms with Crippen LogP contribution in [0.1, 0.15) is 30.9 Å². The van der Waals surface area contributed by atoms with Crippen molar-refractivity contribution in [3.05, 3.63) is 35.4 Å². The molecule has 0 saturated carbocycles. The van der Waals surface area contributed by atoms with Gasteiger partial charge in [-0.25, -0.2) is 0 Å². The highest BCUT2D eigenvalue weighted by Gasteiger charge is 2.10. The molecule has 0 aliphatic rings. The van der Waals surface area contributed by atoms with E-state index in [0.29, 0.717) is 5.92 Å². The van der Waals surface area contributed by atoms with Gasteiger partial charge in [-0.1, -0.05) is 31.2 Å². The molecule has 0 saturated heterocycles. The molecule has 102 valence electrons. The van der Waals surface area contributed by atoms with Gasteiger partial charge >= 0.3 is 0 Å². The summed E-state index contributed by atoms with van der Waals surface area (Å²) in [5.41, 5.74) is 2.87. The van der Waals surface area contributed by atoms with Gasteiger partial charge in [0.25, 0.3) is 0 Å². The molecule has 0 fully saturated rings. The zero-order chi connectivity index (χ0) is 13.2. The van der Waals surface area contributed by atoms with Gasteiger partial charge in [0.1, 0.15) is 0 Å². The molecule has 0 aromatic heterocycles. The van der Waals surface area contributed by atoms with Crippen molar-refractivity contribution in [3.8, 4) is 0 Å². The molecule has 18 heavy (non-hydrogen) atoms. The van der Waals surface area contributed by atoms with E-state index in [2.05, 4.69) is 43.4 Å². The minimum Gasteiger partial charge on any atom is -0.385 e. The van der Waals surface area contributed by atoms with Crippen LogP contribution in [0.3, 0.4) is 0 Å². The van der Waals surface area contributed by atoms with Crippen molar-refractivity contribution in [2.24, 2.45) is 5.92 Å². The Morgan fingerprint density at radius 2 is 2.06 bits per heavy atom. The predicted octanol–water partition coefficient (Wildman–Crippen LogP) is 3.19. The van der Waals surface area contributed by atoms with Crippen LogP contribution in [-0.4, -0.2) is 26.8 Å². The number of nitrogens with one attached hydrogen (secondary N) is 1. The first-order chi connectivity index (χ1) is 8.77. The van der Waals surface area contributed by atoms with E-state index >= 15 is 0 Å². The summed E-state index contributed by atoms with van der Waals surface area (Å²) < 4.78 is 5.22. The molecule has 1 aromatic rings. The van der Waals surface area contributed by atoms with Crippen molar-refractivity contribution in [1.82, 2.24) is 5.32 Å². The van der Waals surface area contributed by atoms with E-state index < -0.39 is 0 Å². The number of benzene rings is 1. The van der Waals surface area contributed by atoms with Crippen molar-refractivity contribution in [3.63, 3.8) is 0 Å². The van der Waals surface area contributed by atoms with Gasteiger partial charge in [-0.05, 0) is 56.3 Å². The molecule has 1 rings (SSSR count). The van der Waals surface area contributed by atoms with E-state index in [0.717, 1.165) is 32.5 Å². The molecule has 0 radical (unpaired) electrons. The standard InChI is InChI=1S/C16H27NO/c1-4-10-17-13-15(9-11-18-3)12-16-8-6-5-7-14(16)2/h5-8,15,17H,4,9-13H2,1-3H3. The quantitative estimate of drug-likeness (QED) is 0.679. The van der Waals surface area contributed by atoms with E-state index in [-0.39, 0.29) is 0 Å². The fourth-order valence-corrected chi connectivity index (χ4v) is 2.19. The van der Waals surface area contributed by atoms with Crippen molar-refractivity contribution in [1.29, 1.82) is 0 Å². The lowest BCUT2D eigenvalue weighted by Gasteiger charge is -2.18. The van der Waals surface area contributed by atoms with Gasteiger partial charge in [-0.3, -0.25) is 0 Å². The average Bonchev–Trinajstić information content (AvgIpc) is 2.38. The number of hydrogen-bond acceptors (Lipinski definition) is 2. The molecular weight excluding hydrogens is 222 g/mol. The lowest BCUT2D eigenvalue weighted by atomic mass is 9.94. The van der Waals surface area contributed by atoms with Crippen LogP contribution >= 0.6 is 0 Å². The van der Waals surface area contributed by atoms with Gasteiger partial charge in [0, 0.05) is 13.7 Å². The maximum absolute atomic E-state index is 5.22. The van der Waals surface area contributed by atoms with Crippen molar-refractivity contribution >= 4 is 0 Å². The molecule has 1 unspecified atom stereocenters. The second-order valence-corrected chi connectivity index (χ2v) is 4.98. The Bertz CT molecular complexity index is 325. The molecule has 1 atom stereocenters. The highest BCUT2D eigenvalue weighted by Crippen LogP contribution is 2.15. The van der Waals surface area contributed by atoms with E-state index in [9.17, 15) is 0 Å². The van der Waals surface area contributed by atoms with Gasteiger partial charge in [-0.15, -0.1) is 0 Å². The van der Waals surface area contributed by atoms with Crippen LogP contribution < -0.4 is 5.32 Å². The summed E-state index contributed by atoms with van der Waals surface area (Å²) in [6.45, 7) is 7.45. The monoisotopic (exact) mass is 249 g/mol. The second-order valence-electron chi connectivity index (χ2n) is 4.98. The highest BCUT2D eigenvalue weighted by molar-refractivity contribution is 5.25. The summed E-state index contributed by atoms with van der Waals surface area (Å²) in [5.74, 6) is 0.664. The number of ether oxygens (including phenoxy) is 1. The Balaban J connectivity index is 2.51. The zero-order valence-electron chi connectivity index (χ0n) is 12.0. The van der Waals surface area contributed by atoms with Crippen molar-refractivity contribution < 1.29 is 4.74 Å². The fraction of sp³-hybridized carbons (Fsp3) is 0.625. The first kappa shape index (κ1) is 15.2. The van der Waals surface area contributed by atoms with Gasteiger partial charge in [0.15, 0.2) is 0 Å². The minimum atomic E-state index is 0.664. The topological polar surface area (TPSA) is 21.3 Å². The molecule has 2 nitrogen and oxygen atoms in total. The van der Waals surface area contributed by atoms with Gasteiger partial charge in [0.2, 0.25) is 0 Å². The van der Waals surface area contributed by atoms with E-state index in [1.807, 2.05) is 0 Å². The Morgan fingerprint density at radius 1 is 1.28 bits per heavy atom. The van der Waals surface area contributed by atoms with Crippen molar-refractivity contribution in [2.75, 3.05) is 26.8 Å². The molecule has 0 bridgehead atoms. The average molecular weight is 249 g/mol. The molecule has 2 heteroatoms. The first-order valence-corrected chi connectivity index (χ1v) is 7.02. The highest BCUT2D eigenvalue weighted by atomic mass is 16.5. The Labute approximate surface area is 112 Å². The van der Waals surface area contributed by atoms with Crippen LogP contribution in [0.5, 0.6) is 0 Å². The zero-order valence-corrected chi connectivity index (χ0v) is 12.0.